The molecular formula is C14H17NO2. The van der Waals surface area contributed by atoms with E-state index >= 15 is 0 Å². The molecule has 1 heterocycles. The lowest BCUT2D eigenvalue weighted by Crippen LogP contribution is -2.18. The summed E-state index contributed by atoms with van der Waals surface area (Å²) in [6.07, 6.45) is 3.67. The fraction of sp³-hybridized carbons (Fsp3) is 0.500. The summed E-state index contributed by atoms with van der Waals surface area (Å²) in [5.41, 5.74) is 7.85. The third-order valence-corrected chi connectivity index (χ3v) is 3.82. The van der Waals surface area contributed by atoms with E-state index in [1.807, 2.05) is 18.2 Å². The van der Waals surface area contributed by atoms with Gasteiger partial charge in [0, 0.05) is 23.9 Å². The van der Waals surface area contributed by atoms with Crippen LogP contribution in [0.4, 0.5) is 0 Å². The molecular weight excluding hydrogens is 214 g/mol. The van der Waals surface area contributed by atoms with Gasteiger partial charge in [-0.2, -0.15) is 0 Å². The first-order valence-corrected chi connectivity index (χ1v) is 6.29. The number of Topliss-reactive ketones (excluding diaryl/α,β-unsaturated/α-hetero) is 1. The van der Waals surface area contributed by atoms with Crippen LogP contribution in [-0.2, 0) is 6.42 Å². The van der Waals surface area contributed by atoms with Crippen molar-refractivity contribution in [1.82, 2.24) is 0 Å². The molecule has 2 aliphatic rings. The van der Waals surface area contributed by atoms with Crippen molar-refractivity contribution in [2.75, 3.05) is 6.61 Å². The highest BCUT2D eigenvalue weighted by atomic mass is 16.5. The van der Waals surface area contributed by atoms with E-state index in [9.17, 15) is 4.79 Å². The van der Waals surface area contributed by atoms with Crippen LogP contribution in [0.3, 0.4) is 0 Å². The van der Waals surface area contributed by atoms with Crippen LogP contribution in [0.5, 0.6) is 5.75 Å². The van der Waals surface area contributed by atoms with Crippen molar-refractivity contribution in [2.45, 2.75) is 31.7 Å². The summed E-state index contributed by atoms with van der Waals surface area (Å²) in [4.78, 5) is 12.3. The van der Waals surface area contributed by atoms with Crippen molar-refractivity contribution in [3.63, 3.8) is 0 Å². The molecule has 0 bridgehead atoms. The molecule has 3 nitrogen and oxygen atoms in total. The van der Waals surface area contributed by atoms with Crippen LogP contribution in [0, 0.1) is 5.92 Å². The van der Waals surface area contributed by atoms with Gasteiger partial charge in [0.25, 0.3) is 0 Å². The molecule has 0 radical (unpaired) electrons. The van der Waals surface area contributed by atoms with Crippen LogP contribution in [0.25, 0.3) is 0 Å². The Morgan fingerprint density at radius 2 is 2.24 bits per heavy atom. The normalized spacial score (nSPS) is 26.6. The first-order chi connectivity index (χ1) is 8.24. The SMILES string of the molecule is NC1CCC(C(=O)c2ccc3c(c2)CCO3)C1. The Morgan fingerprint density at radius 3 is 3.00 bits per heavy atom. The monoisotopic (exact) mass is 231 g/mol. The second-order valence-corrected chi connectivity index (χ2v) is 5.06. The van der Waals surface area contributed by atoms with Gasteiger partial charge < -0.3 is 10.5 Å². The molecule has 2 atom stereocenters. The van der Waals surface area contributed by atoms with Crippen LogP contribution >= 0.6 is 0 Å². The Labute approximate surface area is 101 Å². The predicted molar refractivity (Wildman–Crippen MR) is 65.3 cm³/mol. The van der Waals surface area contributed by atoms with E-state index in [4.69, 9.17) is 10.5 Å². The van der Waals surface area contributed by atoms with Gasteiger partial charge in [-0.25, -0.2) is 0 Å². The summed E-state index contributed by atoms with van der Waals surface area (Å²) in [5, 5.41) is 0. The number of carbonyl (C=O) groups excluding carboxylic acids is 1. The third kappa shape index (κ3) is 1.95. The third-order valence-electron chi connectivity index (χ3n) is 3.82. The van der Waals surface area contributed by atoms with Gasteiger partial charge in [-0.3, -0.25) is 4.79 Å². The fourth-order valence-corrected chi connectivity index (χ4v) is 2.83. The van der Waals surface area contributed by atoms with Crippen molar-refractivity contribution in [1.29, 1.82) is 0 Å². The number of benzene rings is 1. The summed E-state index contributed by atoms with van der Waals surface area (Å²) in [5.74, 6) is 1.32. The van der Waals surface area contributed by atoms with Crippen LogP contribution in [0.2, 0.25) is 0 Å². The van der Waals surface area contributed by atoms with Crippen LogP contribution < -0.4 is 10.5 Å². The van der Waals surface area contributed by atoms with Crippen molar-refractivity contribution >= 4 is 5.78 Å². The standard InChI is InChI=1S/C14H17NO2/c15-12-3-1-11(8-12)14(16)10-2-4-13-9(7-10)5-6-17-13/h2,4,7,11-12H,1,3,5-6,8,15H2. The zero-order chi connectivity index (χ0) is 11.8. The average molecular weight is 231 g/mol. The highest BCUT2D eigenvalue weighted by molar-refractivity contribution is 5.98. The van der Waals surface area contributed by atoms with E-state index in [1.54, 1.807) is 0 Å². The number of carbonyl (C=O) groups is 1. The Hall–Kier alpha value is -1.35. The minimum absolute atomic E-state index is 0.130. The number of rotatable bonds is 2. The molecule has 1 saturated carbocycles. The number of nitrogens with two attached hydrogens (primary N) is 1. The topological polar surface area (TPSA) is 52.3 Å². The van der Waals surface area contributed by atoms with Crippen LogP contribution in [0.15, 0.2) is 18.2 Å². The maximum atomic E-state index is 12.3. The van der Waals surface area contributed by atoms with Crippen molar-refractivity contribution in [3.8, 4) is 5.75 Å². The summed E-state index contributed by atoms with van der Waals surface area (Å²) in [7, 11) is 0. The van der Waals surface area contributed by atoms with E-state index in [1.165, 1.54) is 0 Å². The highest BCUT2D eigenvalue weighted by Crippen LogP contribution is 2.31. The fourth-order valence-electron chi connectivity index (χ4n) is 2.83. The summed E-state index contributed by atoms with van der Waals surface area (Å²) in [6.45, 7) is 0.737. The van der Waals surface area contributed by atoms with E-state index in [2.05, 4.69) is 0 Å². The molecule has 0 saturated heterocycles. The van der Waals surface area contributed by atoms with E-state index < -0.39 is 0 Å². The molecule has 3 rings (SSSR count). The molecule has 2 unspecified atom stereocenters. The second-order valence-electron chi connectivity index (χ2n) is 5.06. The largest absolute Gasteiger partial charge is 0.493 e. The zero-order valence-corrected chi connectivity index (χ0v) is 9.82. The maximum absolute atomic E-state index is 12.3. The lowest BCUT2D eigenvalue weighted by Gasteiger charge is -2.09. The Morgan fingerprint density at radius 1 is 1.35 bits per heavy atom. The minimum atomic E-state index is 0.130. The van der Waals surface area contributed by atoms with Crippen molar-refractivity contribution in [2.24, 2.45) is 11.7 Å². The van der Waals surface area contributed by atoms with Gasteiger partial charge in [0.05, 0.1) is 6.61 Å². The maximum Gasteiger partial charge on any atom is 0.166 e. The molecule has 90 valence electrons. The average Bonchev–Trinajstić information content (AvgIpc) is 2.95. The van der Waals surface area contributed by atoms with Crippen molar-refractivity contribution in [3.05, 3.63) is 29.3 Å². The number of ether oxygens (including phenoxy) is 1. The molecule has 0 amide bonds. The lowest BCUT2D eigenvalue weighted by molar-refractivity contribution is 0.0922. The number of hydrogen-bond acceptors (Lipinski definition) is 3. The lowest BCUT2D eigenvalue weighted by atomic mass is 9.94. The summed E-state index contributed by atoms with van der Waals surface area (Å²) in [6, 6.07) is 6.01. The van der Waals surface area contributed by atoms with E-state index in [0.717, 1.165) is 49.2 Å². The van der Waals surface area contributed by atoms with E-state index in [0.29, 0.717) is 0 Å². The van der Waals surface area contributed by atoms with Gasteiger partial charge in [-0.15, -0.1) is 0 Å². The van der Waals surface area contributed by atoms with Gasteiger partial charge in [0.2, 0.25) is 0 Å². The quantitative estimate of drug-likeness (QED) is 0.791. The molecule has 3 heteroatoms. The Bertz CT molecular complexity index is 456. The first-order valence-electron chi connectivity index (χ1n) is 6.29. The van der Waals surface area contributed by atoms with Crippen molar-refractivity contribution < 1.29 is 9.53 Å². The van der Waals surface area contributed by atoms with Gasteiger partial charge in [-0.1, -0.05) is 0 Å². The number of ketones is 1. The van der Waals surface area contributed by atoms with Gasteiger partial charge in [-0.05, 0) is 43.0 Å². The molecule has 1 aromatic rings. The minimum Gasteiger partial charge on any atom is -0.493 e. The number of fused-ring (bicyclic) bond motifs is 1. The van der Waals surface area contributed by atoms with Gasteiger partial charge in [0.1, 0.15) is 5.75 Å². The highest BCUT2D eigenvalue weighted by Gasteiger charge is 2.29. The Balaban J connectivity index is 1.82. The second kappa shape index (κ2) is 4.15. The Kier molecular flexibility index (Phi) is 2.63. The van der Waals surface area contributed by atoms with Crippen LogP contribution in [0.1, 0.15) is 35.2 Å². The van der Waals surface area contributed by atoms with Gasteiger partial charge >= 0.3 is 0 Å². The molecule has 1 aliphatic carbocycles. The molecule has 2 N–H and O–H groups in total. The smallest absolute Gasteiger partial charge is 0.166 e. The van der Waals surface area contributed by atoms with Gasteiger partial charge in [0.15, 0.2) is 5.78 Å². The molecule has 1 fully saturated rings. The molecule has 1 aromatic carbocycles. The zero-order valence-electron chi connectivity index (χ0n) is 9.82. The molecule has 0 aromatic heterocycles. The summed E-state index contributed by atoms with van der Waals surface area (Å²) >= 11 is 0. The molecule has 1 aliphatic heterocycles. The van der Waals surface area contributed by atoms with Crippen LogP contribution in [-0.4, -0.2) is 18.4 Å². The number of hydrogen-bond donors (Lipinski definition) is 1. The molecule has 17 heavy (non-hydrogen) atoms. The molecule has 0 spiro atoms. The first kappa shape index (κ1) is 10.8. The summed E-state index contributed by atoms with van der Waals surface area (Å²) < 4.78 is 5.44. The predicted octanol–water partition coefficient (Wildman–Crippen LogP) is 1.93. The van der Waals surface area contributed by atoms with E-state index in [-0.39, 0.29) is 17.7 Å².